The van der Waals surface area contributed by atoms with Crippen molar-refractivity contribution in [1.29, 1.82) is 0 Å². The molecule has 1 aliphatic rings. The van der Waals surface area contributed by atoms with Crippen molar-refractivity contribution in [1.82, 2.24) is 24.4 Å². The van der Waals surface area contributed by atoms with Crippen molar-refractivity contribution in [2.45, 2.75) is 45.6 Å². The van der Waals surface area contributed by atoms with Crippen LogP contribution in [-0.2, 0) is 7.05 Å². The number of benzene rings is 2. The number of imidazole rings is 2. The molecule has 4 aromatic rings. The maximum absolute atomic E-state index is 12.8. The highest BCUT2D eigenvalue weighted by Crippen LogP contribution is 2.35. The zero-order chi connectivity index (χ0) is 22.4. The van der Waals surface area contributed by atoms with Crippen molar-refractivity contribution >= 4 is 11.0 Å². The van der Waals surface area contributed by atoms with Gasteiger partial charge in [0.1, 0.15) is 5.82 Å². The van der Waals surface area contributed by atoms with Gasteiger partial charge in [-0.2, -0.15) is 0 Å². The van der Waals surface area contributed by atoms with Crippen LogP contribution in [0, 0.1) is 6.92 Å². The first kappa shape index (κ1) is 20.8. The second-order valence-electron chi connectivity index (χ2n) is 9.25. The predicted molar refractivity (Wildman–Crippen MR) is 130 cm³/mol. The number of nitrogens with zero attached hydrogens (tertiary/aromatic N) is 3. The molecule has 32 heavy (non-hydrogen) atoms. The molecule has 166 valence electrons. The first-order chi connectivity index (χ1) is 15.4. The number of aromatic nitrogens is 4. The highest BCUT2D eigenvalue weighted by Gasteiger charge is 2.23. The van der Waals surface area contributed by atoms with Gasteiger partial charge in [0.2, 0.25) is 0 Å². The van der Waals surface area contributed by atoms with Gasteiger partial charge in [-0.15, -0.1) is 0 Å². The van der Waals surface area contributed by atoms with E-state index in [-0.39, 0.29) is 11.7 Å². The number of aryl methyl sites for hydroxylation is 2. The number of piperidine rings is 1. The molecule has 2 N–H and O–H groups in total. The number of nitrogens with one attached hydrogen (secondary N) is 2. The summed E-state index contributed by atoms with van der Waals surface area (Å²) in [6.45, 7) is 8.25. The number of hydrogen-bond acceptors (Lipinski definition) is 3. The Morgan fingerprint density at radius 3 is 2.53 bits per heavy atom. The summed E-state index contributed by atoms with van der Waals surface area (Å²) in [4.78, 5) is 21.6. The first-order valence-electron chi connectivity index (χ1n) is 11.5. The molecule has 1 fully saturated rings. The predicted octanol–water partition coefficient (Wildman–Crippen LogP) is 4.75. The first-order valence-corrected chi connectivity index (χ1v) is 11.5. The fourth-order valence-corrected chi connectivity index (χ4v) is 4.91. The maximum atomic E-state index is 12.8. The Kier molecular flexibility index (Phi) is 5.25. The van der Waals surface area contributed by atoms with Crippen LogP contribution in [0.5, 0.6) is 0 Å². The fraction of sp³-hybridized carbons (Fsp3) is 0.385. The molecule has 1 aliphatic heterocycles. The minimum Gasteiger partial charge on any atom is -0.341 e. The Bertz CT molecular complexity index is 1330. The molecule has 1 saturated heterocycles. The average Bonchev–Trinajstić information content (AvgIpc) is 3.34. The Morgan fingerprint density at radius 1 is 1.03 bits per heavy atom. The van der Waals surface area contributed by atoms with Crippen LogP contribution in [-0.4, -0.2) is 32.2 Å². The molecule has 0 radical (unpaired) electrons. The van der Waals surface area contributed by atoms with Crippen LogP contribution in [0.15, 0.2) is 47.3 Å². The highest BCUT2D eigenvalue weighted by molar-refractivity contribution is 5.86. The molecule has 2 aromatic carbocycles. The summed E-state index contributed by atoms with van der Waals surface area (Å²) in [5.41, 5.74) is 7.31. The van der Waals surface area contributed by atoms with E-state index in [0.717, 1.165) is 65.3 Å². The summed E-state index contributed by atoms with van der Waals surface area (Å²) >= 11 is 0. The normalized spacial score (nSPS) is 15.2. The van der Waals surface area contributed by atoms with Crippen LogP contribution in [0.1, 0.15) is 50.0 Å². The largest absolute Gasteiger partial charge is 0.341 e. The summed E-state index contributed by atoms with van der Waals surface area (Å²) in [6.07, 6.45) is 2.18. The molecular formula is C26H31N5O. The smallest absolute Gasteiger partial charge is 0.329 e. The SMILES string of the molecule is Cc1cccc(-c2nc(C3CCNCC3)[nH]c2-c2ccc3c(c2)n(C)c(=O)n3C(C)C)c1. The van der Waals surface area contributed by atoms with Crippen molar-refractivity contribution in [2.75, 3.05) is 13.1 Å². The van der Waals surface area contributed by atoms with Crippen molar-refractivity contribution in [3.05, 3.63) is 64.3 Å². The number of hydrogen-bond donors (Lipinski definition) is 2. The topological polar surface area (TPSA) is 67.6 Å². The van der Waals surface area contributed by atoms with E-state index in [1.165, 1.54) is 5.56 Å². The van der Waals surface area contributed by atoms with Gasteiger partial charge in [-0.1, -0.05) is 29.8 Å². The van der Waals surface area contributed by atoms with Gasteiger partial charge in [-0.25, -0.2) is 9.78 Å². The van der Waals surface area contributed by atoms with Crippen molar-refractivity contribution in [3.8, 4) is 22.5 Å². The lowest BCUT2D eigenvalue weighted by atomic mass is 9.97. The quantitative estimate of drug-likeness (QED) is 0.492. The summed E-state index contributed by atoms with van der Waals surface area (Å²) < 4.78 is 3.60. The van der Waals surface area contributed by atoms with E-state index < -0.39 is 0 Å². The van der Waals surface area contributed by atoms with E-state index >= 15 is 0 Å². The van der Waals surface area contributed by atoms with Crippen LogP contribution in [0.2, 0.25) is 0 Å². The zero-order valence-electron chi connectivity index (χ0n) is 19.3. The van der Waals surface area contributed by atoms with Gasteiger partial charge < -0.3 is 10.3 Å². The molecule has 3 heterocycles. The van der Waals surface area contributed by atoms with Crippen LogP contribution < -0.4 is 11.0 Å². The summed E-state index contributed by atoms with van der Waals surface area (Å²) in [7, 11) is 1.85. The third-order valence-corrected chi connectivity index (χ3v) is 6.63. The Labute approximate surface area is 188 Å². The Morgan fingerprint density at radius 2 is 1.81 bits per heavy atom. The molecule has 0 unspecified atom stereocenters. The van der Waals surface area contributed by atoms with Gasteiger partial charge in [0.25, 0.3) is 0 Å². The minimum atomic E-state index is 0.0195. The van der Waals surface area contributed by atoms with E-state index in [2.05, 4.69) is 59.7 Å². The van der Waals surface area contributed by atoms with Gasteiger partial charge >= 0.3 is 5.69 Å². The van der Waals surface area contributed by atoms with Gasteiger partial charge in [-0.3, -0.25) is 9.13 Å². The third-order valence-electron chi connectivity index (χ3n) is 6.63. The van der Waals surface area contributed by atoms with Gasteiger partial charge in [0.05, 0.1) is 22.4 Å². The molecule has 0 amide bonds. The van der Waals surface area contributed by atoms with E-state index in [0.29, 0.717) is 5.92 Å². The third kappa shape index (κ3) is 3.48. The zero-order valence-corrected chi connectivity index (χ0v) is 19.3. The molecular weight excluding hydrogens is 398 g/mol. The maximum Gasteiger partial charge on any atom is 0.329 e. The van der Waals surface area contributed by atoms with Crippen molar-refractivity contribution in [2.24, 2.45) is 7.05 Å². The molecule has 0 saturated carbocycles. The standard InChI is InChI=1S/C26H31N5O/c1-16(2)31-21-9-8-20(15-22(21)30(4)26(31)32)24-23(19-7-5-6-17(3)14-19)28-25(29-24)18-10-12-27-13-11-18/h5-9,14-16,18,27H,10-13H2,1-4H3,(H,28,29). The fourth-order valence-electron chi connectivity index (χ4n) is 4.91. The Balaban J connectivity index is 1.69. The van der Waals surface area contributed by atoms with Gasteiger partial charge in [-0.05, 0) is 64.9 Å². The lowest BCUT2D eigenvalue weighted by molar-refractivity contribution is 0.447. The molecule has 0 aliphatic carbocycles. The van der Waals surface area contributed by atoms with E-state index in [9.17, 15) is 4.79 Å². The van der Waals surface area contributed by atoms with Gasteiger partial charge in [0, 0.05) is 30.1 Å². The summed E-state index contributed by atoms with van der Waals surface area (Å²) in [6, 6.07) is 14.9. The lowest BCUT2D eigenvalue weighted by Gasteiger charge is -2.20. The molecule has 6 nitrogen and oxygen atoms in total. The van der Waals surface area contributed by atoms with Crippen LogP contribution in [0.3, 0.4) is 0 Å². The van der Waals surface area contributed by atoms with E-state index in [1.54, 1.807) is 4.57 Å². The number of rotatable bonds is 4. The van der Waals surface area contributed by atoms with Crippen molar-refractivity contribution < 1.29 is 0 Å². The molecule has 5 rings (SSSR count). The number of fused-ring (bicyclic) bond motifs is 1. The molecule has 2 aromatic heterocycles. The second kappa shape index (κ2) is 8.10. The van der Waals surface area contributed by atoms with E-state index in [1.807, 2.05) is 25.5 Å². The van der Waals surface area contributed by atoms with Gasteiger partial charge in [0.15, 0.2) is 0 Å². The summed E-state index contributed by atoms with van der Waals surface area (Å²) in [5, 5.41) is 3.44. The second-order valence-corrected chi connectivity index (χ2v) is 9.25. The van der Waals surface area contributed by atoms with Crippen LogP contribution in [0.25, 0.3) is 33.5 Å². The molecule has 0 bridgehead atoms. The minimum absolute atomic E-state index is 0.0195. The average molecular weight is 430 g/mol. The lowest BCUT2D eigenvalue weighted by Crippen LogP contribution is -2.27. The van der Waals surface area contributed by atoms with E-state index in [4.69, 9.17) is 4.98 Å². The van der Waals surface area contributed by atoms with Crippen LogP contribution >= 0.6 is 0 Å². The molecule has 6 heteroatoms. The monoisotopic (exact) mass is 429 g/mol. The molecule has 0 spiro atoms. The number of H-pyrrole nitrogens is 1. The number of aromatic amines is 1. The van der Waals surface area contributed by atoms with Crippen LogP contribution in [0.4, 0.5) is 0 Å². The highest BCUT2D eigenvalue weighted by atomic mass is 16.1. The molecule has 0 atom stereocenters. The summed E-state index contributed by atoms with van der Waals surface area (Å²) in [5.74, 6) is 1.50. The Hall–Kier alpha value is -3.12. The van der Waals surface area contributed by atoms with Crippen molar-refractivity contribution in [3.63, 3.8) is 0 Å².